The number of likely N-dealkylation sites (tertiary alicyclic amines) is 2. The van der Waals surface area contributed by atoms with E-state index in [1.165, 1.54) is 0 Å². The molecule has 0 aromatic carbocycles. The van der Waals surface area contributed by atoms with Crippen molar-refractivity contribution in [2.75, 3.05) is 33.2 Å². The van der Waals surface area contributed by atoms with Gasteiger partial charge in [-0.15, -0.1) is 0 Å². The average molecular weight is 380 g/mol. The van der Waals surface area contributed by atoms with Crippen LogP contribution in [-0.4, -0.2) is 71.3 Å². The molecule has 0 unspecified atom stereocenters. The number of hydrogen-bond donors (Lipinski definition) is 0. The van der Waals surface area contributed by atoms with Gasteiger partial charge in [0.25, 0.3) is 0 Å². The maximum atomic E-state index is 12.9. The Morgan fingerprint density at radius 3 is 1.85 bits per heavy atom. The first-order chi connectivity index (χ1) is 12.4. The van der Waals surface area contributed by atoms with Gasteiger partial charge in [0, 0.05) is 44.1 Å². The number of rotatable bonds is 3. The highest BCUT2D eigenvalue weighted by atomic mass is 16.2. The molecule has 2 amide bonds. The Morgan fingerprint density at radius 1 is 0.889 bits per heavy atom. The first kappa shape index (κ1) is 22.2. The SMILES string of the molecule is CN(C(=O)CC(C)(C)C)C1CCN(C(=O)C2CCN(C(C)(C)C)CC2)CC1. The summed E-state index contributed by atoms with van der Waals surface area (Å²) >= 11 is 0. The maximum Gasteiger partial charge on any atom is 0.225 e. The lowest BCUT2D eigenvalue weighted by atomic mass is 9.90. The van der Waals surface area contributed by atoms with E-state index in [0.29, 0.717) is 12.3 Å². The van der Waals surface area contributed by atoms with E-state index in [0.717, 1.165) is 51.9 Å². The fraction of sp³-hybridized carbons (Fsp3) is 0.909. The lowest BCUT2D eigenvalue weighted by Crippen LogP contribution is -2.51. The average Bonchev–Trinajstić information content (AvgIpc) is 2.58. The van der Waals surface area contributed by atoms with E-state index in [1.807, 2.05) is 11.9 Å². The summed E-state index contributed by atoms with van der Waals surface area (Å²) < 4.78 is 0. The third kappa shape index (κ3) is 6.20. The van der Waals surface area contributed by atoms with Crippen molar-refractivity contribution in [3.05, 3.63) is 0 Å². The molecule has 0 aliphatic carbocycles. The molecular formula is C22H41N3O2. The number of carbonyl (C=O) groups is 2. The van der Waals surface area contributed by atoms with Crippen molar-refractivity contribution in [2.45, 2.75) is 85.2 Å². The van der Waals surface area contributed by atoms with E-state index in [1.54, 1.807) is 0 Å². The van der Waals surface area contributed by atoms with Crippen LogP contribution in [0.4, 0.5) is 0 Å². The van der Waals surface area contributed by atoms with Crippen molar-refractivity contribution in [2.24, 2.45) is 11.3 Å². The maximum absolute atomic E-state index is 12.9. The fourth-order valence-corrected chi connectivity index (χ4v) is 4.31. The molecule has 0 spiro atoms. The van der Waals surface area contributed by atoms with E-state index in [2.05, 4.69) is 51.3 Å². The monoisotopic (exact) mass is 379 g/mol. The Labute approximate surface area is 166 Å². The molecule has 0 N–H and O–H groups in total. The van der Waals surface area contributed by atoms with Crippen molar-refractivity contribution in [3.8, 4) is 0 Å². The Bertz CT molecular complexity index is 517. The van der Waals surface area contributed by atoms with Crippen LogP contribution in [0.25, 0.3) is 0 Å². The van der Waals surface area contributed by atoms with Crippen LogP contribution >= 0.6 is 0 Å². The number of carbonyl (C=O) groups excluding carboxylic acids is 2. The molecule has 0 aromatic heterocycles. The number of amides is 2. The van der Waals surface area contributed by atoms with Crippen molar-refractivity contribution < 1.29 is 9.59 Å². The molecule has 27 heavy (non-hydrogen) atoms. The number of piperidine rings is 2. The minimum Gasteiger partial charge on any atom is -0.343 e. The minimum absolute atomic E-state index is 0.0178. The lowest BCUT2D eigenvalue weighted by Gasteiger charge is -2.42. The van der Waals surface area contributed by atoms with Gasteiger partial charge in [-0.3, -0.25) is 14.5 Å². The van der Waals surface area contributed by atoms with E-state index < -0.39 is 0 Å². The molecular weight excluding hydrogens is 338 g/mol. The molecule has 0 saturated carbocycles. The summed E-state index contributed by atoms with van der Waals surface area (Å²) in [5.74, 6) is 0.743. The summed E-state index contributed by atoms with van der Waals surface area (Å²) in [7, 11) is 1.93. The highest BCUT2D eigenvalue weighted by Gasteiger charge is 2.34. The second kappa shape index (κ2) is 8.50. The third-order valence-corrected chi connectivity index (χ3v) is 6.19. The Balaban J connectivity index is 1.80. The van der Waals surface area contributed by atoms with Gasteiger partial charge >= 0.3 is 0 Å². The van der Waals surface area contributed by atoms with Crippen molar-refractivity contribution in [1.29, 1.82) is 0 Å². The quantitative estimate of drug-likeness (QED) is 0.755. The summed E-state index contributed by atoms with van der Waals surface area (Å²) in [6.45, 7) is 16.7. The van der Waals surface area contributed by atoms with E-state index in [4.69, 9.17) is 0 Å². The molecule has 2 saturated heterocycles. The first-order valence-electron chi connectivity index (χ1n) is 10.7. The predicted octanol–water partition coefficient (Wildman–Crippen LogP) is 3.38. The Hall–Kier alpha value is -1.10. The van der Waals surface area contributed by atoms with Crippen LogP contribution in [0.5, 0.6) is 0 Å². The molecule has 156 valence electrons. The van der Waals surface area contributed by atoms with Crippen LogP contribution in [0, 0.1) is 11.3 Å². The molecule has 0 atom stereocenters. The fourth-order valence-electron chi connectivity index (χ4n) is 4.31. The largest absolute Gasteiger partial charge is 0.343 e. The van der Waals surface area contributed by atoms with Crippen molar-refractivity contribution in [3.63, 3.8) is 0 Å². The molecule has 0 radical (unpaired) electrons. The highest BCUT2D eigenvalue weighted by Crippen LogP contribution is 2.27. The molecule has 2 rings (SSSR count). The van der Waals surface area contributed by atoms with Crippen LogP contribution in [0.3, 0.4) is 0 Å². The van der Waals surface area contributed by atoms with Gasteiger partial charge in [-0.25, -0.2) is 0 Å². The van der Waals surface area contributed by atoms with E-state index in [9.17, 15) is 9.59 Å². The second-order valence-electron chi connectivity index (χ2n) is 10.7. The Morgan fingerprint density at radius 2 is 1.41 bits per heavy atom. The zero-order valence-electron chi connectivity index (χ0n) is 18.7. The van der Waals surface area contributed by atoms with Crippen LogP contribution < -0.4 is 0 Å². The molecule has 0 aromatic rings. The molecule has 2 aliphatic rings. The van der Waals surface area contributed by atoms with Gasteiger partial charge in [-0.05, 0) is 65.0 Å². The van der Waals surface area contributed by atoms with Gasteiger partial charge in [0.05, 0.1) is 0 Å². The number of nitrogens with zero attached hydrogens (tertiary/aromatic N) is 3. The summed E-state index contributed by atoms with van der Waals surface area (Å²) in [6, 6.07) is 0.270. The van der Waals surface area contributed by atoms with Gasteiger partial charge in [0.2, 0.25) is 11.8 Å². The summed E-state index contributed by atoms with van der Waals surface area (Å²) in [6.07, 6.45) is 4.33. The van der Waals surface area contributed by atoms with E-state index in [-0.39, 0.29) is 28.8 Å². The van der Waals surface area contributed by atoms with Gasteiger partial charge in [0.1, 0.15) is 0 Å². The smallest absolute Gasteiger partial charge is 0.225 e. The normalized spacial score (nSPS) is 21.4. The summed E-state index contributed by atoms with van der Waals surface area (Å²) in [5.41, 5.74) is 0.209. The summed E-state index contributed by atoms with van der Waals surface area (Å²) in [4.78, 5) is 31.9. The van der Waals surface area contributed by atoms with Crippen LogP contribution in [0.1, 0.15) is 73.6 Å². The molecule has 2 fully saturated rings. The first-order valence-corrected chi connectivity index (χ1v) is 10.7. The molecule has 0 bridgehead atoms. The minimum atomic E-state index is 0.0178. The van der Waals surface area contributed by atoms with E-state index >= 15 is 0 Å². The Kier molecular flexibility index (Phi) is 6.99. The number of hydrogen-bond acceptors (Lipinski definition) is 3. The van der Waals surface area contributed by atoms with Gasteiger partial charge in [-0.1, -0.05) is 20.8 Å². The predicted molar refractivity (Wildman–Crippen MR) is 110 cm³/mol. The molecule has 2 aliphatic heterocycles. The molecule has 5 heteroatoms. The molecule has 5 nitrogen and oxygen atoms in total. The van der Waals surface area contributed by atoms with Crippen molar-refractivity contribution in [1.82, 2.24) is 14.7 Å². The third-order valence-electron chi connectivity index (χ3n) is 6.19. The highest BCUT2D eigenvalue weighted by molar-refractivity contribution is 5.79. The van der Waals surface area contributed by atoms with Crippen LogP contribution in [-0.2, 0) is 9.59 Å². The van der Waals surface area contributed by atoms with Crippen LogP contribution in [0.15, 0.2) is 0 Å². The zero-order chi connectivity index (χ0) is 20.4. The zero-order valence-corrected chi connectivity index (χ0v) is 18.7. The van der Waals surface area contributed by atoms with Crippen molar-refractivity contribution >= 4 is 11.8 Å². The second-order valence-corrected chi connectivity index (χ2v) is 10.7. The topological polar surface area (TPSA) is 43.9 Å². The van der Waals surface area contributed by atoms with Gasteiger partial charge < -0.3 is 9.80 Å². The standard InChI is InChI=1S/C22H41N3O2/c1-21(2,3)16-19(26)23(7)18-10-12-24(13-11-18)20(27)17-8-14-25(15-9-17)22(4,5)6/h17-18H,8-16H2,1-7H3. The van der Waals surface area contributed by atoms with Gasteiger partial charge in [-0.2, -0.15) is 0 Å². The lowest BCUT2D eigenvalue weighted by molar-refractivity contribution is -0.140. The van der Waals surface area contributed by atoms with Crippen LogP contribution in [0.2, 0.25) is 0 Å². The van der Waals surface area contributed by atoms with Gasteiger partial charge in [0.15, 0.2) is 0 Å². The molecule has 2 heterocycles. The summed E-state index contributed by atoms with van der Waals surface area (Å²) in [5, 5.41) is 0.